The number of sulfonamides is 1. The van der Waals surface area contributed by atoms with Crippen LogP contribution >= 0.6 is 11.8 Å². The van der Waals surface area contributed by atoms with Crippen molar-refractivity contribution in [2.45, 2.75) is 17.7 Å². The van der Waals surface area contributed by atoms with E-state index in [4.69, 9.17) is 10.9 Å². The van der Waals surface area contributed by atoms with Crippen LogP contribution in [0.3, 0.4) is 0 Å². The Morgan fingerprint density at radius 3 is 2.39 bits per heavy atom. The highest BCUT2D eigenvalue weighted by molar-refractivity contribution is 8.18. The van der Waals surface area contributed by atoms with Gasteiger partial charge in [0.1, 0.15) is 0 Å². The minimum atomic E-state index is -3.69. The molecule has 1 aromatic carbocycles. The zero-order chi connectivity index (χ0) is 17.0. The van der Waals surface area contributed by atoms with Crippen molar-refractivity contribution in [3.05, 3.63) is 40.8 Å². The Bertz CT molecular complexity index is 742. The van der Waals surface area contributed by atoms with Gasteiger partial charge < -0.3 is 5.73 Å². The molecule has 9 heteroatoms. The average Bonchev–Trinajstić information content (AvgIpc) is 2.75. The number of hydrogen-bond acceptors (Lipinski definition) is 6. The number of allylic oxidation sites excluding steroid dienone is 1. The maximum Gasteiger partial charge on any atom is 0.293 e. The minimum Gasteiger partial charge on any atom is -0.329 e. The summed E-state index contributed by atoms with van der Waals surface area (Å²) in [5.41, 5.74) is 6.28. The van der Waals surface area contributed by atoms with Gasteiger partial charge in [-0.05, 0) is 42.3 Å². The van der Waals surface area contributed by atoms with Crippen LogP contribution in [0.25, 0.3) is 0 Å². The molecule has 0 spiro atoms. The molecule has 0 radical (unpaired) electrons. The van der Waals surface area contributed by atoms with E-state index in [2.05, 4.69) is 0 Å². The third kappa shape index (κ3) is 4.41. The number of hydrogen-bond donors (Lipinski definition) is 2. The molecule has 1 aromatic rings. The van der Waals surface area contributed by atoms with Gasteiger partial charge >= 0.3 is 0 Å². The number of thioether (sulfide) groups is 1. The van der Waals surface area contributed by atoms with Crippen molar-refractivity contribution in [1.29, 1.82) is 0 Å². The van der Waals surface area contributed by atoms with Crippen molar-refractivity contribution >= 4 is 32.9 Å². The van der Waals surface area contributed by atoms with Gasteiger partial charge in [0, 0.05) is 13.1 Å². The number of rotatable bonds is 6. The van der Waals surface area contributed by atoms with Crippen LogP contribution in [0.4, 0.5) is 4.79 Å². The summed E-state index contributed by atoms with van der Waals surface area (Å²) in [6.07, 6.45) is 2.90. The van der Waals surface area contributed by atoms with E-state index < -0.39 is 10.0 Å². The van der Waals surface area contributed by atoms with Crippen LogP contribution in [-0.4, -0.2) is 37.6 Å². The first-order valence-corrected chi connectivity index (χ1v) is 9.25. The van der Waals surface area contributed by atoms with Gasteiger partial charge in [0.05, 0.1) is 9.80 Å². The van der Waals surface area contributed by atoms with E-state index in [-0.39, 0.29) is 29.1 Å². The summed E-state index contributed by atoms with van der Waals surface area (Å²) < 4.78 is 22.3. The predicted octanol–water partition coefficient (Wildman–Crippen LogP) is 0.805. The van der Waals surface area contributed by atoms with Gasteiger partial charge in [-0.3, -0.25) is 14.5 Å². The van der Waals surface area contributed by atoms with Gasteiger partial charge in [-0.25, -0.2) is 13.6 Å². The van der Waals surface area contributed by atoms with Crippen molar-refractivity contribution in [3.63, 3.8) is 0 Å². The smallest absolute Gasteiger partial charge is 0.293 e. The molecule has 4 N–H and O–H groups in total. The van der Waals surface area contributed by atoms with E-state index in [1.807, 2.05) is 0 Å². The SMILES string of the molecule is NCCN1C(=O)S/C(=C\CCc2ccc(S(N)(=O)=O)cc2)C1=O. The van der Waals surface area contributed by atoms with Gasteiger partial charge in [0.15, 0.2) is 0 Å². The first-order valence-electron chi connectivity index (χ1n) is 6.88. The molecule has 0 aliphatic carbocycles. The van der Waals surface area contributed by atoms with Crippen LogP contribution in [0.2, 0.25) is 0 Å². The molecule has 124 valence electrons. The summed E-state index contributed by atoms with van der Waals surface area (Å²) >= 11 is 0.910. The van der Waals surface area contributed by atoms with E-state index in [0.29, 0.717) is 17.7 Å². The summed E-state index contributed by atoms with van der Waals surface area (Å²) in [5.74, 6) is -0.310. The summed E-state index contributed by atoms with van der Waals surface area (Å²) in [4.78, 5) is 25.2. The third-order valence-electron chi connectivity index (χ3n) is 3.24. The van der Waals surface area contributed by atoms with E-state index in [0.717, 1.165) is 22.2 Å². The normalized spacial score (nSPS) is 17.3. The second kappa shape index (κ2) is 7.26. The van der Waals surface area contributed by atoms with E-state index in [1.54, 1.807) is 18.2 Å². The summed E-state index contributed by atoms with van der Waals surface area (Å²) in [6, 6.07) is 6.24. The highest BCUT2D eigenvalue weighted by Gasteiger charge is 2.33. The number of nitrogens with zero attached hydrogens (tertiary/aromatic N) is 1. The molecule has 1 aliphatic heterocycles. The first-order chi connectivity index (χ1) is 10.8. The van der Waals surface area contributed by atoms with Crippen molar-refractivity contribution in [2.24, 2.45) is 10.9 Å². The molecule has 1 heterocycles. The molecule has 0 saturated carbocycles. The van der Waals surface area contributed by atoms with E-state index in [1.165, 1.54) is 12.1 Å². The molecule has 7 nitrogen and oxygen atoms in total. The Morgan fingerprint density at radius 2 is 1.83 bits per heavy atom. The molecule has 1 aliphatic rings. The number of amides is 2. The third-order valence-corrected chi connectivity index (χ3v) is 5.13. The summed E-state index contributed by atoms with van der Waals surface area (Å²) in [6.45, 7) is 0.457. The topological polar surface area (TPSA) is 124 Å². The fourth-order valence-electron chi connectivity index (χ4n) is 2.08. The molecular weight excluding hydrogens is 338 g/mol. The van der Waals surface area contributed by atoms with Crippen LogP contribution in [0.5, 0.6) is 0 Å². The number of carbonyl (C=O) groups is 2. The van der Waals surface area contributed by atoms with Crippen molar-refractivity contribution in [1.82, 2.24) is 4.90 Å². The summed E-state index contributed by atoms with van der Waals surface area (Å²) in [5, 5.41) is 4.73. The Kier molecular flexibility index (Phi) is 5.58. The zero-order valence-electron chi connectivity index (χ0n) is 12.3. The van der Waals surface area contributed by atoms with Crippen LogP contribution in [-0.2, 0) is 21.2 Å². The number of nitrogens with two attached hydrogens (primary N) is 2. The van der Waals surface area contributed by atoms with E-state index >= 15 is 0 Å². The highest BCUT2D eigenvalue weighted by Crippen LogP contribution is 2.30. The zero-order valence-corrected chi connectivity index (χ0v) is 13.9. The molecule has 2 rings (SSSR count). The van der Waals surface area contributed by atoms with Crippen LogP contribution in [0, 0.1) is 0 Å². The van der Waals surface area contributed by atoms with Crippen molar-refractivity contribution in [2.75, 3.05) is 13.1 Å². The van der Waals surface area contributed by atoms with Crippen LogP contribution in [0.15, 0.2) is 40.1 Å². The Labute approximate surface area is 138 Å². The fraction of sp³-hybridized carbons (Fsp3) is 0.286. The highest BCUT2D eigenvalue weighted by atomic mass is 32.2. The van der Waals surface area contributed by atoms with E-state index in [9.17, 15) is 18.0 Å². The lowest BCUT2D eigenvalue weighted by Gasteiger charge is -2.09. The van der Waals surface area contributed by atoms with Crippen molar-refractivity contribution in [3.8, 4) is 0 Å². The summed E-state index contributed by atoms with van der Waals surface area (Å²) in [7, 11) is -3.69. The Hall–Kier alpha value is -1.68. The predicted molar refractivity (Wildman–Crippen MR) is 88.0 cm³/mol. The minimum absolute atomic E-state index is 0.0594. The second-order valence-corrected chi connectivity index (χ2v) is 7.46. The maximum atomic E-state index is 12.0. The quantitative estimate of drug-likeness (QED) is 0.728. The molecular formula is C14H17N3O4S2. The standard InChI is InChI=1S/C14H17N3O4S2/c15-8-9-17-13(18)12(22-14(17)19)3-1-2-10-4-6-11(7-5-10)23(16,20)21/h3-7H,1-2,8-9,15H2,(H2,16,20,21)/b12-3-. The number of primary sulfonamides is 1. The lowest BCUT2D eigenvalue weighted by atomic mass is 10.1. The van der Waals surface area contributed by atoms with Gasteiger partial charge in [-0.2, -0.15) is 0 Å². The monoisotopic (exact) mass is 355 g/mol. The van der Waals surface area contributed by atoms with Gasteiger partial charge in [0.2, 0.25) is 10.0 Å². The van der Waals surface area contributed by atoms with Gasteiger partial charge in [-0.15, -0.1) is 0 Å². The molecule has 0 atom stereocenters. The van der Waals surface area contributed by atoms with Gasteiger partial charge in [0.25, 0.3) is 11.1 Å². The molecule has 0 bridgehead atoms. The first kappa shape index (κ1) is 17.7. The lowest BCUT2D eigenvalue weighted by molar-refractivity contribution is -0.122. The number of carbonyl (C=O) groups excluding carboxylic acids is 2. The Morgan fingerprint density at radius 1 is 1.17 bits per heavy atom. The fourth-order valence-corrected chi connectivity index (χ4v) is 3.46. The molecule has 0 aromatic heterocycles. The lowest BCUT2D eigenvalue weighted by Crippen LogP contribution is -2.33. The molecule has 2 amide bonds. The van der Waals surface area contributed by atoms with Crippen LogP contribution in [0.1, 0.15) is 12.0 Å². The molecule has 1 fully saturated rings. The Balaban J connectivity index is 1.97. The maximum absolute atomic E-state index is 12.0. The molecule has 1 saturated heterocycles. The largest absolute Gasteiger partial charge is 0.329 e. The number of imide groups is 1. The average molecular weight is 355 g/mol. The van der Waals surface area contributed by atoms with Crippen molar-refractivity contribution < 1.29 is 18.0 Å². The number of benzene rings is 1. The molecule has 0 unspecified atom stereocenters. The van der Waals surface area contributed by atoms with Crippen LogP contribution < -0.4 is 10.9 Å². The molecule has 23 heavy (non-hydrogen) atoms. The van der Waals surface area contributed by atoms with Gasteiger partial charge in [-0.1, -0.05) is 18.2 Å². The second-order valence-electron chi connectivity index (χ2n) is 4.91. The number of aryl methyl sites for hydroxylation is 1.